The van der Waals surface area contributed by atoms with E-state index >= 15 is 0 Å². The van der Waals surface area contributed by atoms with Gasteiger partial charge in [0, 0.05) is 54.5 Å². The molecule has 0 amide bonds. The van der Waals surface area contributed by atoms with Crippen molar-refractivity contribution in [2.24, 2.45) is 0 Å². The van der Waals surface area contributed by atoms with Gasteiger partial charge in [-0.1, -0.05) is 153 Å². The van der Waals surface area contributed by atoms with Gasteiger partial charge in [-0.3, -0.25) is 4.57 Å². The molecule has 13 aromatic rings. The van der Waals surface area contributed by atoms with Gasteiger partial charge in [0.2, 0.25) is 5.95 Å². The summed E-state index contributed by atoms with van der Waals surface area (Å²) in [7, 11) is 0. The average molecular weight is 846 g/mol. The maximum absolute atomic E-state index is 6.62. The third-order valence-electron chi connectivity index (χ3n) is 14.0. The summed E-state index contributed by atoms with van der Waals surface area (Å²) in [5.74, 6) is 1.68. The summed E-state index contributed by atoms with van der Waals surface area (Å²) >= 11 is 0. The molecular formula is C60H39N5O. The number of furan rings is 1. The zero-order valence-corrected chi connectivity index (χ0v) is 36.2. The summed E-state index contributed by atoms with van der Waals surface area (Å²) < 4.78 is 11.2. The van der Waals surface area contributed by atoms with Crippen molar-refractivity contribution < 1.29 is 4.42 Å². The van der Waals surface area contributed by atoms with Crippen LogP contribution in [0.25, 0.3) is 122 Å². The van der Waals surface area contributed by atoms with Crippen LogP contribution in [0.4, 0.5) is 0 Å². The molecule has 4 aromatic heterocycles. The second-order valence-electron chi connectivity index (χ2n) is 18.0. The zero-order chi connectivity index (χ0) is 43.7. The lowest BCUT2D eigenvalue weighted by molar-refractivity contribution is 0.661. The number of benzene rings is 9. The van der Waals surface area contributed by atoms with Gasteiger partial charge in [0.15, 0.2) is 11.6 Å². The summed E-state index contributed by atoms with van der Waals surface area (Å²) in [6, 6.07) is 71.1. The normalized spacial score (nSPS) is 13.1. The highest BCUT2D eigenvalue weighted by molar-refractivity contribution is 6.14. The third kappa shape index (κ3) is 5.27. The number of nitrogens with zero attached hydrogens (tertiary/aromatic N) is 5. The van der Waals surface area contributed by atoms with Crippen molar-refractivity contribution >= 4 is 65.6 Å². The molecule has 0 unspecified atom stereocenters. The van der Waals surface area contributed by atoms with E-state index in [0.717, 1.165) is 77.2 Å². The molecule has 0 saturated carbocycles. The van der Waals surface area contributed by atoms with E-state index in [0.29, 0.717) is 17.6 Å². The molecule has 0 aliphatic heterocycles. The van der Waals surface area contributed by atoms with Gasteiger partial charge >= 0.3 is 0 Å². The first-order valence-corrected chi connectivity index (χ1v) is 22.5. The Hall–Kier alpha value is -8.61. The summed E-state index contributed by atoms with van der Waals surface area (Å²) in [6.45, 7) is 4.69. The van der Waals surface area contributed by atoms with Crippen LogP contribution in [0.15, 0.2) is 205 Å². The quantitative estimate of drug-likeness (QED) is 0.173. The van der Waals surface area contributed by atoms with Crippen molar-refractivity contribution in [2.75, 3.05) is 0 Å². The van der Waals surface area contributed by atoms with Crippen LogP contribution in [-0.2, 0) is 5.41 Å². The molecule has 14 rings (SSSR count). The Labute approximate surface area is 379 Å². The van der Waals surface area contributed by atoms with E-state index in [4.69, 9.17) is 19.4 Å². The molecular weight excluding hydrogens is 807 g/mol. The van der Waals surface area contributed by atoms with Gasteiger partial charge < -0.3 is 8.98 Å². The largest absolute Gasteiger partial charge is 0.456 e. The maximum Gasteiger partial charge on any atom is 0.238 e. The molecule has 0 saturated heterocycles. The molecule has 0 bridgehead atoms. The second kappa shape index (κ2) is 13.7. The molecule has 66 heavy (non-hydrogen) atoms. The highest BCUT2D eigenvalue weighted by atomic mass is 16.3. The van der Waals surface area contributed by atoms with E-state index < -0.39 is 0 Å². The van der Waals surface area contributed by atoms with E-state index in [1.807, 2.05) is 12.1 Å². The molecule has 1 aliphatic carbocycles. The second-order valence-corrected chi connectivity index (χ2v) is 18.0. The number of hydrogen-bond donors (Lipinski definition) is 0. The van der Waals surface area contributed by atoms with E-state index in [1.54, 1.807) is 0 Å². The van der Waals surface area contributed by atoms with Crippen molar-refractivity contribution in [1.82, 2.24) is 24.1 Å². The van der Waals surface area contributed by atoms with Gasteiger partial charge in [0.1, 0.15) is 11.2 Å². The van der Waals surface area contributed by atoms with Crippen LogP contribution in [0.5, 0.6) is 0 Å². The molecule has 0 radical (unpaired) electrons. The van der Waals surface area contributed by atoms with Crippen molar-refractivity contribution in [3.63, 3.8) is 0 Å². The standard InChI is InChI=1S/C60H39N5O/c1-60(2)48-25-10-6-20-41(48)46-34-47-44-23-9-11-26-50(44)64(53(47)35-49(46)60)39-19-14-18-37(32-39)57-61-58(63-59(62-57)65-51-27-12-7-21-42(51)43-22-8-13-28-52(43)65)38-30-31-45-55(33-38)66-54-29-15-24-40(56(45)54)36-16-4-3-5-17-36/h3-35H,1-2H3. The molecule has 310 valence electrons. The summed E-state index contributed by atoms with van der Waals surface area (Å²) in [5.41, 5.74) is 16.2. The van der Waals surface area contributed by atoms with Crippen LogP contribution >= 0.6 is 0 Å². The lowest BCUT2D eigenvalue weighted by atomic mass is 9.82. The van der Waals surface area contributed by atoms with Crippen LogP contribution in [0, 0.1) is 0 Å². The molecule has 6 nitrogen and oxygen atoms in total. The first-order valence-electron chi connectivity index (χ1n) is 22.5. The van der Waals surface area contributed by atoms with Crippen LogP contribution in [-0.4, -0.2) is 24.1 Å². The van der Waals surface area contributed by atoms with Crippen molar-refractivity contribution in [1.29, 1.82) is 0 Å². The van der Waals surface area contributed by atoms with Gasteiger partial charge in [-0.05, 0) is 94.0 Å². The monoisotopic (exact) mass is 845 g/mol. The molecule has 0 fully saturated rings. The van der Waals surface area contributed by atoms with Crippen molar-refractivity contribution in [2.45, 2.75) is 19.3 Å². The van der Waals surface area contributed by atoms with Gasteiger partial charge in [-0.2, -0.15) is 9.97 Å². The highest BCUT2D eigenvalue weighted by Crippen LogP contribution is 2.51. The van der Waals surface area contributed by atoms with Crippen LogP contribution in [0.2, 0.25) is 0 Å². The first kappa shape index (κ1) is 36.8. The predicted octanol–water partition coefficient (Wildman–Crippen LogP) is 15.3. The lowest BCUT2D eigenvalue weighted by Crippen LogP contribution is -2.14. The fraction of sp³-hybridized carbons (Fsp3) is 0.0500. The Bertz CT molecular complexity index is 4100. The van der Waals surface area contributed by atoms with Gasteiger partial charge in [0.25, 0.3) is 0 Å². The Balaban J connectivity index is 0.983. The lowest BCUT2D eigenvalue weighted by Gasteiger charge is -2.21. The molecule has 6 heteroatoms. The molecule has 9 aromatic carbocycles. The molecule has 0 atom stereocenters. The number of aromatic nitrogens is 5. The minimum absolute atomic E-state index is 0.136. The third-order valence-corrected chi connectivity index (χ3v) is 14.0. The Kier molecular flexibility index (Phi) is 7.64. The highest BCUT2D eigenvalue weighted by Gasteiger charge is 2.36. The molecule has 1 aliphatic rings. The number of fused-ring (bicyclic) bond motifs is 12. The van der Waals surface area contributed by atoms with E-state index in [1.165, 1.54) is 38.5 Å². The Morgan fingerprint density at radius 3 is 1.74 bits per heavy atom. The summed E-state index contributed by atoms with van der Waals surface area (Å²) in [4.78, 5) is 16.0. The molecule has 0 spiro atoms. The van der Waals surface area contributed by atoms with E-state index in [2.05, 4.69) is 211 Å². The number of para-hydroxylation sites is 3. The average Bonchev–Trinajstić information content (AvgIpc) is 4.08. The molecule has 0 N–H and O–H groups in total. The van der Waals surface area contributed by atoms with Crippen LogP contribution < -0.4 is 0 Å². The minimum atomic E-state index is -0.136. The summed E-state index contributed by atoms with van der Waals surface area (Å²) in [5, 5.41) is 6.86. The SMILES string of the molecule is CC1(C)c2ccccc2-c2cc3c4ccccc4n(-c4cccc(-c5nc(-c6ccc7c(c6)oc6cccc(-c8ccccc8)c67)nc(-n6c7ccccc7c7ccccc76)n5)c4)c3cc21. The van der Waals surface area contributed by atoms with E-state index in [-0.39, 0.29) is 5.41 Å². The number of rotatable bonds is 5. The Morgan fingerprint density at radius 1 is 0.379 bits per heavy atom. The predicted molar refractivity (Wildman–Crippen MR) is 270 cm³/mol. The van der Waals surface area contributed by atoms with Gasteiger partial charge in [0.05, 0.1) is 22.1 Å². The van der Waals surface area contributed by atoms with Gasteiger partial charge in [-0.15, -0.1) is 0 Å². The zero-order valence-electron chi connectivity index (χ0n) is 36.2. The maximum atomic E-state index is 6.62. The van der Waals surface area contributed by atoms with Crippen molar-refractivity contribution in [3.05, 3.63) is 211 Å². The topological polar surface area (TPSA) is 61.7 Å². The van der Waals surface area contributed by atoms with Crippen LogP contribution in [0.3, 0.4) is 0 Å². The minimum Gasteiger partial charge on any atom is -0.456 e. The van der Waals surface area contributed by atoms with Crippen LogP contribution in [0.1, 0.15) is 25.0 Å². The Morgan fingerprint density at radius 2 is 0.985 bits per heavy atom. The van der Waals surface area contributed by atoms with Crippen molar-refractivity contribution in [3.8, 4) is 56.7 Å². The fourth-order valence-electron chi connectivity index (χ4n) is 10.9. The van der Waals surface area contributed by atoms with Gasteiger partial charge in [-0.25, -0.2) is 4.98 Å². The molecule has 4 heterocycles. The van der Waals surface area contributed by atoms with E-state index in [9.17, 15) is 0 Å². The number of hydrogen-bond acceptors (Lipinski definition) is 4. The summed E-state index contributed by atoms with van der Waals surface area (Å²) in [6.07, 6.45) is 0. The fourth-order valence-corrected chi connectivity index (χ4v) is 10.9. The smallest absolute Gasteiger partial charge is 0.238 e. The first-order chi connectivity index (χ1) is 32.5.